The van der Waals surface area contributed by atoms with Crippen LogP contribution in [0.2, 0.25) is 0 Å². The smallest absolute Gasteiger partial charge is 0.321 e. The van der Waals surface area contributed by atoms with Crippen LogP contribution in [0.5, 0.6) is 5.75 Å². The van der Waals surface area contributed by atoms with Crippen LogP contribution >= 0.6 is 11.8 Å². The van der Waals surface area contributed by atoms with Gasteiger partial charge in [-0.2, -0.15) is 0 Å². The Morgan fingerprint density at radius 1 is 1.29 bits per heavy atom. The van der Waals surface area contributed by atoms with Gasteiger partial charge >= 0.3 is 5.97 Å². The number of aromatic nitrogens is 4. The lowest BCUT2D eigenvalue weighted by Crippen LogP contribution is -2.45. The number of nitrogens with one attached hydrogen (secondary N) is 3. The van der Waals surface area contributed by atoms with Crippen LogP contribution in [0.25, 0.3) is 11.0 Å². The van der Waals surface area contributed by atoms with Gasteiger partial charge in [-0.25, -0.2) is 9.97 Å². The lowest BCUT2D eigenvalue weighted by atomic mass is 9.93. The molecule has 2 aromatic carbocycles. The van der Waals surface area contributed by atoms with E-state index < -0.39 is 12.0 Å². The molecule has 3 heterocycles. The molecule has 4 aromatic rings. The molecule has 0 unspecified atom stereocenters. The Hall–Kier alpha value is -3.30. The first-order valence-electron chi connectivity index (χ1n) is 9.87. The Labute approximate surface area is 182 Å². The Morgan fingerprint density at radius 3 is 2.97 bits per heavy atom. The number of H-pyrrole nitrogens is 2. The number of rotatable bonds is 6. The minimum absolute atomic E-state index is 0.308. The summed E-state index contributed by atoms with van der Waals surface area (Å²) in [5.41, 5.74) is 5.57. The fraction of sp³-hybridized carbons (Fsp3) is 0.227. The van der Waals surface area contributed by atoms with Gasteiger partial charge in [0.1, 0.15) is 11.8 Å². The van der Waals surface area contributed by atoms with E-state index >= 15 is 0 Å². The summed E-state index contributed by atoms with van der Waals surface area (Å²) in [4.78, 5) is 27.1. The minimum Gasteiger partial charge on any atom is -0.496 e. The number of carboxylic acids is 1. The van der Waals surface area contributed by atoms with E-state index in [1.54, 1.807) is 25.2 Å². The lowest BCUT2D eigenvalue weighted by Gasteiger charge is -2.28. The van der Waals surface area contributed by atoms with Crippen molar-refractivity contribution in [3.63, 3.8) is 0 Å². The summed E-state index contributed by atoms with van der Waals surface area (Å²) in [5, 5.41) is 13.6. The van der Waals surface area contributed by atoms with Crippen molar-refractivity contribution < 1.29 is 14.6 Å². The monoisotopic (exact) mass is 435 g/mol. The first-order valence-corrected chi connectivity index (χ1v) is 10.9. The number of benzene rings is 2. The summed E-state index contributed by atoms with van der Waals surface area (Å²) >= 11 is 1.59. The summed E-state index contributed by atoms with van der Waals surface area (Å²) in [6.07, 6.45) is 2.00. The van der Waals surface area contributed by atoms with Crippen molar-refractivity contribution in [1.82, 2.24) is 25.3 Å². The van der Waals surface area contributed by atoms with Crippen LogP contribution in [0, 0.1) is 0 Å². The number of para-hydroxylation sites is 2. The lowest BCUT2D eigenvalue weighted by molar-refractivity contribution is -0.139. The summed E-state index contributed by atoms with van der Waals surface area (Å²) in [6.45, 7) is 0. The molecular formula is C22H21N5O3S. The van der Waals surface area contributed by atoms with E-state index in [2.05, 4.69) is 31.3 Å². The van der Waals surface area contributed by atoms with Crippen LogP contribution in [0.1, 0.15) is 28.6 Å². The van der Waals surface area contributed by atoms with E-state index in [0.717, 1.165) is 44.5 Å². The molecule has 4 N–H and O–H groups in total. The third-order valence-electron chi connectivity index (χ3n) is 5.47. The molecular weight excluding hydrogens is 414 g/mol. The molecule has 5 rings (SSSR count). The molecule has 0 aliphatic carbocycles. The summed E-state index contributed by atoms with van der Waals surface area (Å²) in [5.74, 6) is 0.555. The van der Waals surface area contributed by atoms with E-state index in [9.17, 15) is 9.90 Å². The number of imidazole rings is 2. The van der Waals surface area contributed by atoms with E-state index in [1.165, 1.54) is 0 Å². The highest BCUT2D eigenvalue weighted by Gasteiger charge is 2.33. The highest BCUT2D eigenvalue weighted by atomic mass is 32.2. The molecule has 158 valence electrons. The third-order valence-corrected chi connectivity index (χ3v) is 6.39. The molecule has 0 saturated heterocycles. The fourth-order valence-electron chi connectivity index (χ4n) is 3.93. The Balaban J connectivity index is 1.43. The van der Waals surface area contributed by atoms with Crippen LogP contribution < -0.4 is 10.1 Å². The maximum atomic E-state index is 11.6. The van der Waals surface area contributed by atoms with Gasteiger partial charge in [0.25, 0.3) is 0 Å². The average Bonchev–Trinajstić information content (AvgIpc) is 3.43. The number of hydrogen-bond donors (Lipinski definition) is 4. The van der Waals surface area contributed by atoms with E-state index in [4.69, 9.17) is 4.74 Å². The topological polar surface area (TPSA) is 116 Å². The number of fused-ring (bicyclic) bond motifs is 2. The van der Waals surface area contributed by atoms with E-state index in [-0.39, 0.29) is 6.04 Å². The molecule has 9 heteroatoms. The molecule has 0 fully saturated rings. The normalized spacial score (nSPS) is 18.1. The zero-order chi connectivity index (χ0) is 21.4. The maximum absolute atomic E-state index is 11.6. The molecule has 2 aromatic heterocycles. The van der Waals surface area contributed by atoms with E-state index in [0.29, 0.717) is 12.2 Å². The van der Waals surface area contributed by atoms with Gasteiger partial charge in [-0.3, -0.25) is 10.1 Å². The van der Waals surface area contributed by atoms with Crippen molar-refractivity contribution in [3.05, 3.63) is 71.3 Å². The number of hydrogen-bond acceptors (Lipinski definition) is 6. The fourth-order valence-corrected chi connectivity index (χ4v) is 4.80. The van der Waals surface area contributed by atoms with Gasteiger partial charge in [-0.15, -0.1) is 0 Å². The molecule has 0 bridgehead atoms. The minimum atomic E-state index is -0.876. The molecule has 1 aliphatic heterocycles. The van der Waals surface area contributed by atoms with E-state index in [1.807, 2.05) is 36.4 Å². The average molecular weight is 436 g/mol. The predicted molar refractivity (Wildman–Crippen MR) is 117 cm³/mol. The van der Waals surface area contributed by atoms with Crippen LogP contribution in [-0.4, -0.2) is 44.2 Å². The molecule has 0 radical (unpaired) electrons. The summed E-state index contributed by atoms with van der Waals surface area (Å²) < 4.78 is 5.57. The van der Waals surface area contributed by atoms with Crippen molar-refractivity contribution in [1.29, 1.82) is 0 Å². The second-order valence-electron chi connectivity index (χ2n) is 7.38. The van der Waals surface area contributed by atoms with Gasteiger partial charge in [-0.1, -0.05) is 30.0 Å². The third kappa shape index (κ3) is 3.77. The Morgan fingerprint density at radius 2 is 2.16 bits per heavy atom. The second kappa shape index (κ2) is 8.09. The molecule has 0 saturated carbocycles. The second-order valence-corrected chi connectivity index (χ2v) is 8.34. The number of nitrogens with zero attached hydrogens (tertiary/aromatic N) is 2. The van der Waals surface area contributed by atoms with Gasteiger partial charge in [0.2, 0.25) is 0 Å². The number of carboxylic acid groups (broad SMARTS) is 1. The van der Waals surface area contributed by atoms with Crippen LogP contribution in [-0.2, 0) is 17.0 Å². The highest BCUT2D eigenvalue weighted by molar-refractivity contribution is 7.98. The SMILES string of the molecule is COc1ccc([C@@H]2N[C@H](C(=O)O)Cc3[nH]cnc32)cc1CSc1nc2ccccc2[nH]1. The number of thioether (sulfide) groups is 1. The predicted octanol–water partition coefficient (Wildman–Crippen LogP) is 3.28. The molecule has 31 heavy (non-hydrogen) atoms. The molecule has 1 aliphatic rings. The van der Waals surface area contributed by atoms with Crippen molar-refractivity contribution in [3.8, 4) is 5.75 Å². The van der Waals surface area contributed by atoms with Crippen molar-refractivity contribution in [2.75, 3.05) is 7.11 Å². The van der Waals surface area contributed by atoms with Gasteiger partial charge in [0.05, 0.1) is 36.2 Å². The van der Waals surface area contributed by atoms with Gasteiger partial charge in [0.15, 0.2) is 5.16 Å². The first kappa shape index (κ1) is 19.7. The summed E-state index contributed by atoms with van der Waals surface area (Å²) in [6, 6.07) is 12.9. The van der Waals surface area contributed by atoms with Gasteiger partial charge in [0, 0.05) is 23.4 Å². The van der Waals surface area contributed by atoms with Gasteiger partial charge < -0.3 is 19.8 Å². The van der Waals surface area contributed by atoms with Crippen molar-refractivity contribution >= 4 is 28.8 Å². The molecule has 0 spiro atoms. The maximum Gasteiger partial charge on any atom is 0.321 e. The highest BCUT2D eigenvalue weighted by Crippen LogP contribution is 2.34. The van der Waals surface area contributed by atoms with Crippen LogP contribution in [0.4, 0.5) is 0 Å². The van der Waals surface area contributed by atoms with Crippen molar-refractivity contribution in [2.24, 2.45) is 0 Å². The van der Waals surface area contributed by atoms with Crippen molar-refractivity contribution in [2.45, 2.75) is 29.4 Å². The number of aliphatic carboxylic acids is 1. The van der Waals surface area contributed by atoms with Crippen LogP contribution in [0.15, 0.2) is 53.9 Å². The number of methoxy groups -OCH3 is 1. The largest absolute Gasteiger partial charge is 0.496 e. The zero-order valence-corrected chi connectivity index (χ0v) is 17.6. The molecule has 0 amide bonds. The molecule has 2 atom stereocenters. The first-order chi connectivity index (χ1) is 15.1. The molecule has 8 nitrogen and oxygen atoms in total. The number of ether oxygens (including phenoxy) is 1. The Kier molecular flexibility index (Phi) is 5.13. The van der Waals surface area contributed by atoms with Gasteiger partial charge in [-0.05, 0) is 29.8 Å². The summed E-state index contributed by atoms with van der Waals surface area (Å²) in [7, 11) is 1.65. The number of aromatic amines is 2. The Bertz CT molecular complexity index is 1220. The quantitative estimate of drug-likeness (QED) is 0.344. The van der Waals surface area contributed by atoms with Crippen LogP contribution in [0.3, 0.4) is 0 Å². The number of carbonyl (C=O) groups is 1. The standard InChI is InChI=1S/C22H21N5O3S/c1-30-18-7-6-12(19-20-16(23-11-24-20)9-17(25-19)21(28)29)8-13(18)10-31-22-26-14-4-2-3-5-15(14)27-22/h2-8,11,17,19,25H,9-10H2,1H3,(H,23,24)(H,26,27)(H,28,29)/t17-,19-/m0/s1. The zero-order valence-electron chi connectivity index (χ0n) is 16.8.